The lowest BCUT2D eigenvalue weighted by molar-refractivity contribution is -0.123. The Hall–Kier alpha value is -2.38. The quantitative estimate of drug-likeness (QED) is 0.118. The van der Waals surface area contributed by atoms with Gasteiger partial charge >= 0.3 is 5.04 Å². The van der Waals surface area contributed by atoms with Gasteiger partial charge in [0.1, 0.15) is 4.90 Å². The average molecular weight is 483 g/mol. The maximum atomic E-state index is 13.5. The summed E-state index contributed by atoms with van der Waals surface area (Å²) in [6.45, 7) is 11.7. The first-order valence-electron chi connectivity index (χ1n) is 11.6. The highest BCUT2D eigenvalue weighted by Crippen LogP contribution is 2.43. The molecule has 0 saturated heterocycles. The number of benzene rings is 1. The topological polar surface area (TPSA) is 115 Å². The van der Waals surface area contributed by atoms with Gasteiger partial charge in [-0.05, 0) is 31.4 Å². The molecule has 1 aromatic rings. The van der Waals surface area contributed by atoms with Crippen LogP contribution in [0.25, 0.3) is 5.53 Å². The number of carbonyl (C=O) groups excluding carboxylic acids is 1. The van der Waals surface area contributed by atoms with Crippen molar-refractivity contribution in [3.63, 3.8) is 0 Å². The molecule has 0 saturated carbocycles. The Bertz CT molecular complexity index is 944. The molecule has 0 radical (unpaired) electrons. The van der Waals surface area contributed by atoms with Crippen molar-refractivity contribution in [1.82, 2.24) is 0 Å². The molecule has 0 heterocycles. The molecule has 0 fully saturated rings. The van der Waals surface area contributed by atoms with Crippen LogP contribution < -0.4 is 14.2 Å². The van der Waals surface area contributed by atoms with Crippen LogP contribution in [0.1, 0.15) is 80.1 Å². The third-order valence-electron chi connectivity index (χ3n) is 4.79. The van der Waals surface area contributed by atoms with E-state index >= 15 is 0 Å². The minimum atomic E-state index is -4.51. The van der Waals surface area contributed by atoms with E-state index in [0.717, 1.165) is 32.1 Å². The Balaban J connectivity index is 3.69. The number of hydrogen-bond acceptors (Lipinski definition) is 6. The second-order valence-electron chi connectivity index (χ2n) is 8.81. The summed E-state index contributed by atoms with van der Waals surface area (Å²) in [5, 5.41) is -0.936. The summed E-state index contributed by atoms with van der Waals surface area (Å²) in [7, 11) is -4.51. The van der Waals surface area contributed by atoms with Crippen LogP contribution in [0, 0.1) is 5.41 Å². The number of ether oxygens (including phenoxy) is 3. The van der Waals surface area contributed by atoms with Gasteiger partial charge in [0.15, 0.2) is 11.5 Å². The highest BCUT2D eigenvalue weighted by atomic mass is 32.2. The van der Waals surface area contributed by atoms with Gasteiger partial charge in [-0.3, -0.25) is 4.79 Å². The number of hydrogen-bond donors (Lipinski definition) is 0. The predicted octanol–water partition coefficient (Wildman–Crippen LogP) is 5.24. The van der Waals surface area contributed by atoms with Crippen LogP contribution in [0.15, 0.2) is 17.0 Å². The van der Waals surface area contributed by atoms with Gasteiger partial charge in [-0.1, -0.05) is 60.8 Å². The Morgan fingerprint density at radius 2 is 1.36 bits per heavy atom. The molecule has 33 heavy (non-hydrogen) atoms. The molecule has 0 aliphatic rings. The van der Waals surface area contributed by atoms with Crippen LogP contribution in [0.3, 0.4) is 0 Å². The lowest BCUT2D eigenvalue weighted by Crippen LogP contribution is -2.35. The van der Waals surface area contributed by atoms with E-state index in [-0.39, 0.29) is 23.0 Å². The van der Waals surface area contributed by atoms with E-state index in [2.05, 4.69) is 4.79 Å². The summed E-state index contributed by atoms with van der Waals surface area (Å²) in [5.41, 5.74) is 8.43. The van der Waals surface area contributed by atoms with Crippen molar-refractivity contribution in [2.45, 2.75) is 85.0 Å². The third kappa shape index (κ3) is 7.86. The molecule has 0 amide bonds. The molecule has 0 bridgehead atoms. The zero-order chi connectivity index (χ0) is 25.1. The average Bonchev–Trinajstić information content (AvgIpc) is 2.75. The van der Waals surface area contributed by atoms with Crippen LogP contribution in [0.5, 0.6) is 17.2 Å². The lowest BCUT2D eigenvalue weighted by Gasteiger charge is -2.20. The van der Waals surface area contributed by atoms with Crippen LogP contribution in [0.4, 0.5) is 0 Å². The Morgan fingerprint density at radius 3 is 1.82 bits per heavy atom. The standard InChI is InChI=1S/C24H38N2O6S/c1-7-10-15-30-18-13-14-19(33(28,29)23(26-25)22(27)24(4,5)6)21(32-17-12-9-3)20(18)31-16-11-8-2/h13-14H,7-12,15-17H2,1-6H3. The van der Waals surface area contributed by atoms with E-state index in [1.165, 1.54) is 12.1 Å². The summed E-state index contributed by atoms with van der Waals surface area (Å²) in [5.74, 6) is -0.287. The number of rotatable bonds is 14. The Morgan fingerprint density at radius 1 is 0.879 bits per heavy atom. The molecular weight excluding hydrogens is 444 g/mol. The largest absolute Gasteiger partial charge is 0.490 e. The molecule has 0 atom stereocenters. The van der Waals surface area contributed by atoms with Gasteiger partial charge in [-0.25, -0.2) is 8.42 Å². The number of carbonyl (C=O) groups is 1. The fourth-order valence-electron chi connectivity index (χ4n) is 2.73. The molecule has 8 nitrogen and oxygen atoms in total. The second-order valence-corrected chi connectivity index (χ2v) is 10.6. The van der Waals surface area contributed by atoms with Crippen molar-refractivity contribution in [2.24, 2.45) is 5.41 Å². The van der Waals surface area contributed by atoms with Crippen molar-refractivity contribution >= 4 is 20.7 Å². The van der Waals surface area contributed by atoms with Gasteiger partial charge in [0.25, 0.3) is 15.6 Å². The monoisotopic (exact) mass is 482 g/mol. The number of Topliss-reactive ketones (excluding diaryl/α,β-unsaturated/α-hetero) is 1. The predicted molar refractivity (Wildman–Crippen MR) is 128 cm³/mol. The van der Waals surface area contributed by atoms with Gasteiger partial charge in [0.2, 0.25) is 5.75 Å². The van der Waals surface area contributed by atoms with Gasteiger partial charge in [0, 0.05) is 5.41 Å². The molecule has 0 unspecified atom stereocenters. The van der Waals surface area contributed by atoms with E-state index in [4.69, 9.17) is 14.2 Å². The van der Waals surface area contributed by atoms with Gasteiger partial charge in [0.05, 0.1) is 19.8 Å². The van der Waals surface area contributed by atoms with E-state index in [9.17, 15) is 18.7 Å². The number of sulfone groups is 1. The lowest BCUT2D eigenvalue weighted by atomic mass is 9.91. The van der Waals surface area contributed by atoms with Crippen LogP contribution in [0.2, 0.25) is 0 Å². The summed E-state index contributed by atoms with van der Waals surface area (Å²) in [6.07, 6.45) is 4.93. The van der Waals surface area contributed by atoms with Crippen molar-refractivity contribution in [2.75, 3.05) is 19.8 Å². The van der Waals surface area contributed by atoms with Crippen LogP contribution in [-0.4, -0.2) is 43.9 Å². The minimum Gasteiger partial charge on any atom is -0.490 e. The number of ketones is 1. The fourth-order valence-corrected chi connectivity index (χ4v) is 4.24. The van der Waals surface area contributed by atoms with Crippen molar-refractivity contribution in [3.8, 4) is 17.2 Å². The SMILES string of the molecule is CCCCOc1ccc(S(=O)(=O)C(=[N+]=[N-])C(=O)C(C)(C)C)c(OCCCC)c1OCCCC. The third-order valence-corrected chi connectivity index (χ3v) is 6.47. The van der Waals surface area contributed by atoms with E-state index in [1.807, 2.05) is 20.8 Å². The van der Waals surface area contributed by atoms with Gasteiger partial charge < -0.3 is 19.7 Å². The maximum absolute atomic E-state index is 13.5. The van der Waals surface area contributed by atoms with Crippen molar-refractivity contribution in [1.29, 1.82) is 0 Å². The molecule has 1 rings (SSSR count). The van der Waals surface area contributed by atoms with E-state index in [1.54, 1.807) is 20.8 Å². The molecule has 0 N–H and O–H groups in total. The first-order chi connectivity index (χ1) is 15.6. The van der Waals surface area contributed by atoms with E-state index < -0.39 is 26.1 Å². The fraction of sp³-hybridized carbons (Fsp3) is 0.667. The second kappa shape index (κ2) is 13.4. The first-order valence-corrected chi connectivity index (χ1v) is 13.1. The molecule has 9 heteroatoms. The highest BCUT2D eigenvalue weighted by Gasteiger charge is 2.45. The van der Waals surface area contributed by atoms with Crippen LogP contribution in [-0.2, 0) is 14.6 Å². The smallest absolute Gasteiger partial charge is 0.452 e. The summed E-state index contributed by atoms with van der Waals surface area (Å²) < 4.78 is 44.7. The first kappa shape index (κ1) is 28.7. The molecular formula is C24H38N2O6S. The molecule has 0 aliphatic heterocycles. The number of nitrogens with zero attached hydrogens (tertiary/aromatic N) is 2. The zero-order valence-electron chi connectivity index (χ0n) is 20.8. The molecule has 0 spiro atoms. The molecule has 0 aliphatic carbocycles. The minimum absolute atomic E-state index is 0.0311. The molecule has 0 aromatic heterocycles. The molecule has 1 aromatic carbocycles. The Kier molecular flexibility index (Phi) is 11.6. The summed E-state index contributed by atoms with van der Waals surface area (Å²) >= 11 is 0. The summed E-state index contributed by atoms with van der Waals surface area (Å²) in [6, 6.07) is 2.80. The van der Waals surface area contributed by atoms with E-state index in [0.29, 0.717) is 25.4 Å². The van der Waals surface area contributed by atoms with Crippen molar-refractivity contribution in [3.05, 3.63) is 17.7 Å². The zero-order valence-corrected chi connectivity index (χ0v) is 21.6. The normalized spacial score (nSPS) is 11.6. The van der Waals surface area contributed by atoms with Crippen LogP contribution >= 0.6 is 0 Å². The van der Waals surface area contributed by atoms with Gasteiger partial charge in [-0.15, -0.1) is 4.79 Å². The summed E-state index contributed by atoms with van der Waals surface area (Å²) in [4.78, 5) is 15.3. The van der Waals surface area contributed by atoms with Gasteiger partial charge in [-0.2, -0.15) is 0 Å². The maximum Gasteiger partial charge on any atom is 0.452 e. The Labute approximate surface area is 198 Å². The highest BCUT2D eigenvalue weighted by molar-refractivity contribution is 8.08. The van der Waals surface area contributed by atoms with Crippen molar-refractivity contribution < 1.29 is 32.2 Å². The number of unbranched alkanes of at least 4 members (excludes halogenated alkanes) is 3. The molecule has 186 valence electrons.